The summed E-state index contributed by atoms with van der Waals surface area (Å²) in [6.45, 7) is 1.70. The van der Waals surface area contributed by atoms with Crippen LogP contribution in [0.1, 0.15) is 15.9 Å². The zero-order valence-corrected chi connectivity index (χ0v) is 17.5. The maximum atomic E-state index is 12.6. The quantitative estimate of drug-likeness (QED) is 0.538. The highest BCUT2D eigenvalue weighted by atomic mass is 35.5. The molecule has 32 heavy (non-hydrogen) atoms. The van der Waals surface area contributed by atoms with Crippen LogP contribution in [0, 0.1) is 17.0 Å². The molecule has 0 radical (unpaired) electrons. The molecule has 12 heteroatoms. The molecule has 0 aliphatic carbocycles. The minimum atomic E-state index is -4.90. The van der Waals surface area contributed by atoms with E-state index in [9.17, 15) is 32.9 Å². The average molecular weight is 471 g/mol. The molecule has 1 saturated heterocycles. The molecule has 0 atom stereocenters. The van der Waals surface area contributed by atoms with Gasteiger partial charge in [-0.1, -0.05) is 11.6 Å². The Labute approximate surface area is 185 Å². The van der Waals surface area contributed by atoms with Crippen LogP contribution >= 0.6 is 11.6 Å². The third kappa shape index (κ3) is 5.10. The van der Waals surface area contributed by atoms with Crippen LogP contribution in [0.25, 0.3) is 0 Å². The van der Waals surface area contributed by atoms with Crippen LogP contribution in [0.15, 0.2) is 36.4 Å². The standard InChI is InChI=1S/C20H18ClF3N4O4/c1-12-10-13(2-4-16(12)28(31)32)18(29)25-14-3-5-17(15(21)11-14)26-6-8-27(9-7-26)19(30)20(22,23)24/h2-5,10-11H,6-9H2,1H3,(H,25,29). The van der Waals surface area contributed by atoms with Crippen molar-refractivity contribution in [2.45, 2.75) is 13.1 Å². The van der Waals surface area contributed by atoms with E-state index in [1.807, 2.05) is 0 Å². The summed E-state index contributed by atoms with van der Waals surface area (Å²) in [6, 6.07) is 8.72. The van der Waals surface area contributed by atoms with Gasteiger partial charge >= 0.3 is 12.1 Å². The summed E-state index contributed by atoms with van der Waals surface area (Å²) in [4.78, 5) is 36.7. The van der Waals surface area contributed by atoms with Crippen molar-refractivity contribution in [3.8, 4) is 0 Å². The molecular weight excluding hydrogens is 453 g/mol. The van der Waals surface area contributed by atoms with Crippen molar-refractivity contribution < 1.29 is 27.7 Å². The molecule has 2 amide bonds. The van der Waals surface area contributed by atoms with E-state index < -0.39 is 22.9 Å². The summed E-state index contributed by atoms with van der Waals surface area (Å²) < 4.78 is 37.7. The highest BCUT2D eigenvalue weighted by Gasteiger charge is 2.43. The molecule has 1 aliphatic heterocycles. The van der Waals surface area contributed by atoms with Gasteiger partial charge in [0.1, 0.15) is 0 Å². The van der Waals surface area contributed by atoms with Gasteiger partial charge in [-0.25, -0.2) is 0 Å². The Morgan fingerprint density at radius 3 is 2.28 bits per heavy atom. The summed E-state index contributed by atoms with van der Waals surface area (Å²) in [5.74, 6) is -2.34. The monoisotopic (exact) mass is 470 g/mol. The van der Waals surface area contributed by atoms with E-state index in [0.717, 1.165) is 4.90 Å². The summed E-state index contributed by atoms with van der Waals surface area (Å²) in [6.07, 6.45) is -4.90. The van der Waals surface area contributed by atoms with E-state index in [2.05, 4.69) is 5.32 Å². The smallest absolute Gasteiger partial charge is 0.367 e. The minimum Gasteiger partial charge on any atom is -0.367 e. The Morgan fingerprint density at radius 1 is 1.09 bits per heavy atom. The Morgan fingerprint density at radius 2 is 1.75 bits per heavy atom. The van der Waals surface area contributed by atoms with E-state index >= 15 is 0 Å². The Bertz CT molecular complexity index is 1070. The molecule has 3 rings (SSSR count). The number of hydrogen-bond acceptors (Lipinski definition) is 5. The van der Waals surface area contributed by atoms with E-state index in [1.165, 1.54) is 31.2 Å². The number of rotatable bonds is 4. The maximum absolute atomic E-state index is 12.6. The summed E-state index contributed by atoms with van der Waals surface area (Å²) >= 11 is 6.32. The van der Waals surface area contributed by atoms with E-state index in [0.29, 0.717) is 16.9 Å². The molecule has 1 fully saturated rings. The van der Waals surface area contributed by atoms with Gasteiger partial charge in [0.2, 0.25) is 0 Å². The van der Waals surface area contributed by atoms with Crippen LogP contribution < -0.4 is 10.2 Å². The van der Waals surface area contributed by atoms with Crippen LogP contribution in [0.3, 0.4) is 0 Å². The van der Waals surface area contributed by atoms with Gasteiger partial charge in [0.15, 0.2) is 0 Å². The number of nitrogens with zero attached hydrogens (tertiary/aromatic N) is 3. The Hall–Kier alpha value is -3.34. The lowest BCUT2D eigenvalue weighted by molar-refractivity contribution is -0.385. The van der Waals surface area contributed by atoms with Crippen molar-refractivity contribution in [2.24, 2.45) is 0 Å². The average Bonchev–Trinajstić information content (AvgIpc) is 2.72. The number of nitro benzene ring substituents is 1. The molecule has 8 nitrogen and oxygen atoms in total. The van der Waals surface area contributed by atoms with Gasteiger partial charge in [-0.05, 0) is 37.3 Å². The fourth-order valence-corrected chi connectivity index (χ4v) is 3.68. The molecule has 0 spiro atoms. The molecule has 2 aromatic carbocycles. The fourth-order valence-electron chi connectivity index (χ4n) is 3.38. The van der Waals surface area contributed by atoms with Crippen molar-refractivity contribution in [3.63, 3.8) is 0 Å². The van der Waals surface area contributed by atoms with Crippen LogP contribution in [0.2, 0.25) is 5.02 Å². The second kappa shape index (κ2) is 9.03. The van der Waals surface area contributed by atoms with Gasteiger partial charge in [0.25, 0.3) is 11.6 Å². The van der Waals surface area contributed by atoms with Gasteiger partial charge in [-0.3, -0.25) is 19.7 Å². The molecule has 1 N–H and O–H groups in total. The van der Waals surface area contributed by atoms with Crippen molar-refractivity contribution in [3.05, 3.63) is 62.7 Å². The van der Waals surface area contributed by atoms with Crippen molar-refractivity contribution >= 4 is 40.5 Å². The second-order valence-electron chi connectivity index (χ2n) is 7.16. The number of halogens is 4. The number of nitro groups is 1. The molecule has 1 aliphatic rings. The van der Waals surface area contributed by atoms with Crippen LogP contribution in [0.5, 0.6) is 0 Å². The number of benzene rings is 2. The molecule has 1 heterocycles. The first-order chi connectivity index (χ1) is 15.0. The number of carbonyl (C=O) groups excluding carboxylic acids is 2. The lowest BCUT2D eigenvalue weighted by Crippen LogP contribution is -2.52. The van der Waals surface area contributed by atoms with Crippen LogP contribution in [-0.4, -0.2) is 54.0 Å². The summed E-state index contributed by atoms with van der Waals surface area (Å²) in [7, 11) is 0. The highest BCUT2D eigenvalue weighted by Crippen LogP contribution is 2.30. The van der Waals surface area contributed by atoms with Gasteiger partial charge in [-0.2, -0.15) is 13.2 Å². The number of amides is 2. The number of hydrogen-bond donors (Lipinski definition) is 1. The largest absolute Gasteiger partial charge is 0.471 e. The van der Waals surface area contributed by atoms with Gasteiger partial charge in [-0.15, -0.1) is 0 Å². The number of carbonyl (C=O) groups is 2. The topological polar surface area (TPSA) is 95.8 Å². The number of alkyl halides is 3. The zero-order valence-electron chi connectivity index (χ0n) is 16.8. The molecule has 0 aromatic heterocycles. The van der Waals surface area contributed by atoms with E-state index in [4.69, 9.17) is 11.6 Å². The number of aryl methyl sites for hydroxylation is 1. The lowest BCUT2D eigenvalue weighted by atomic mass is 10.1. The molecule has 0 saturated carbocycles. The van der Waals surface area contributed by atoms with Crippen LogP contribution in [-0.2, 0) is 4.79 Å². The second-order valence-corrected chi connectivity index (χ2v) is 7.56. The number of nitrogens with one attached hydrogen (secondary N) is 1. The van der Waals surface area contributed by atoms with Crippen molar-refractivity contribution in [2.75, 3.05) is 36.4 Å². The number of anilines is 2. The van der Waals surface area contributed by atoms with Gasteiger partial charge in [0.05, 0.1) is 15.6 Å². The molecule has 2 aromatic rings. The normalized spacial score (nSPS) is 14.3. The third-order valence-corrected chi connectivity index (χ3v) is 5.31. The van der Waals surface area contributed by atoms with E-state index in [-0.39, 0.29) is 42.5 Å². The first-order valence-electron chi connectivity index (χ1n) is 9.44. The minimum absolute atomic E-state index is 0.0906. The van der Waals surface area contributed by atoms with E-state index in [1.54, 1.807) is 17.0 Å². The highest BCUT2D eigenvalue weighted by molar-refractivity contribution is 6.33. The predicted octanol–water partition coefficient (Wildman–Crippen LogP) is 4.02. The maximum Gasteiger partial charge on any atom is 0.471 e. The molecule has 0 unspecified atom stereocenters. The predicted molar refractivity (Wildman–Crippen MR) is 112 cm³/mol. The third-order valence-electron chi connectivity index (χ3n) is 5.01. The molecule has 170 valence electrons. The van der Waals surface area contributed by atoms with Gasteiger partial charge in [0, 0.05) is 49.1 Å². The van der Waals surface area contributed by atoms with Crippen LogP contribution in [0.4, 0.5) is 30.2 Å². The summed E-state index contributed by atoms with van der Waals surface area (Å²) in [5.41, 5.74) is 1.43. The zero-order chi connectivity index (χ0) is 23.6. The van der Waals surface area contributed by atoms with Gasteiger partial charge < -0.3 is 15.1 Å². The Kier molecular flexibility index (Phi) is 6.58. The lowest BCUT2D eigenvalue weighted by Gasteiger charge is -2.36. The Balaban J connectivity index is 1.66. The summed E-state index contributed by atoms with van der Waals surface area (Å²) in [5, 5.41) is 13.8. The first-order valence-corrected chi connectivity index (χ1v) is 9.82. The first kappa shape index (κ1) is 23.3. The fraction of sp³-hybridized carbons (Fsp3) is 0.300. The van der Waals surface area contributed by atoms with Crippen molar-refractivity contribution in [1.29, 1.82) is 0 Å². The number of piperazine rings is 1. The van der Waals surface area contributed by atoms with Crippen molar-refractivity contribution in [1.82, 2.24) is 4.90 Å². The molecule has 0 bridgehead atoms. The SMILES string of the molecule is Cc1cc(C(=O)Nc2ccc(N3CCN(C(=O)C(F)(F)F)CC3)c(Cl)c2)ccc1[N+](=O)[O-]. The molecular formula is C20H18ClF3N4O4.